The summed E-state index contributed by atoms with van der Waals surface area (Å²) in [6, 6.07) is 16.1. The first-order valence-electron chi connectivity index (χ1n) is 8.69. The van der Waals surface area contributed by atoms with Crippen molar-refractivity contribution in [3.05, 3.63) is 64.7 Å². The molecule has 1 saturated heterocycles. The van der Waals surface area contributed by atoms with E-state index in [2.05, 4.69) is 34.5 Å². The van der Waals surface area contributed by atoms with Crippen molar-refractivity contribution in [3.8, 4) is 5.75 Å². The standard InChI is InChI=1S/C20H21ClN2O2/c21-16-6-7-18-15(10-16)11-19(25-18)20(24)22-17-8-9-23(13-17)12-14-4-2-1-3-5-14/h1-7,10,17,19H,8-9,11-13H2,(H,22,24)/t17-,19+/m0/s1. The normalized spacial score (nSPS) is 22.4. The van der Waals surface area contributed by atoms with Gasteiger partial charge in [0.25, 0.3) is 5.91 Å². The zero-order valence-electron chi connectivity index (χ0n) is 14.0. The highest BCUT2D eigenvalue weighted by Gasteiger charge is 2.32. The molecule has 2 aliphatic heterocycles. The Morgan fingerprint density at radius 1 is 1.24 bits per heavy atom. The van der Waals surface area contributed by atoms with Crippen LogP contribution in [0.1, 0.15) is 17.5 Å². The molecular weight excluding hydrogens is 336 g/mol. The number of benzene rings is 2. The molecule has 0 spiro atoms. The molecule has 0 bridgehead atoms. The summed E-state index contributed by atoms with van der Waals surface area (Å²) >= 11 is 6.01. The predicted octanol–water partition coefficient (Wildman–Crippen LogP) is 3.03. The molecular formula is C20H21ClN2O2. The Hall–Kier alpha value is -2.04. The molecule has 130 valence electrons. The van der Waals surface area contributed by atoms with E-state index in [4.69, 9.17) is 16.3 Å². The molecule has 2 heterocycles. The Bertz CT molecular complexity index is 766. The molecule has 0 unspecified atom stereocenters. The van der Waals surface area contributed by atoms with Crippen molar-refractivity contribution in [1.82, 2.24) is 10.2 Å². The van der Waals surface area contributed by atoms with Gasteiger partial charge in [0.15, 0.2) is 6.10 Å². The Morgan fingerprint density at radius 3 is 2.92 bits per heavy atom. The van der Waals surface area contributed by atoms with Crippen LogP contribution < -0.4 is 10.1 Å². The third kappa shape index (κ3) is 3.80. The van der Waals surface area contributed by atoms with Gasteiger partial charge in [-0.3, -0.25) is 9.69 Å². The fourth-order valence-electron chi connectivity index (χ4n) is 3.59. The van der Waals surface area contributed by atoms with Gasteiger partial charge in [-0.1, -0.05) is 41.9 Å². The molecule has 2 aromatic carbocycles. The molecule has 0 radical (unpaired) electrons. The maximum Gasteiger partial charge on any atom is 0.261 e. The van der Waals surface area contributed by atoms with Crippen molar-refractivity contribution in [1.29, 1.82) is 0 Å². The van der Waals surface area contributed by atoms with Gasteiger partial charge in [-0.15, -0.1) is 0 Å². The number of carbonyl (C=O) groups is 1. The average molecular weight is 357 g/mol. The fourth-order valence-corrected chi connectivity index (χ4v) is 3.79. The molecule has 0 saturated carbocycles. The molecule has 5 heteroatoms. The Kier molecular flexibility index (Phi) is 4.64. The lowest BCUT2D eigenvalue weighted by Crippen LogP contribution is -2.44. The van der Waals surface area contributed by atoms with Crippen molar-refractivity contribution in [2.75, 3.05) is 13.1 Å². The number of nitrogens with zero attached hydrogens (tertiary/aromatic N) is 1. The lowest BCUT2D eigenvalue weighted by atomic mass is 10.1. The smallest absolute Gasteiger partial charge is 0.261 e. The van der Waals surface area contributed by atoms with E-state index in [0.717, 1.165) is 37.4 Å². The second-order valence-corrected chi connectivity index (χ2v) is 7.21. The van der Waals surface area contributed by atoms with E-state index >= 15 is 0 Å². The number of amides is 1. The molecule has 1 fully saturated rings. The van der Waals surface area contributed by atoms with Gasteiger partial charge in [0, 0.05) is 37.1 Å². The van der Waals surface area contributed by atoms with Gasteiger partial charge in [-0.05, 0) is 35.7 Å². The summed E-state index contributed by atoms with van der Waals surface area (Å²) in [6.07, 6.45) is 1.11. The first-order chi connectivity index (χ1) is 12.2. The third-order valence-electron chi connectivity index (χ3n) is 4.86. The summed E-state index contributed by atoms with van der Waals surface area (Å²) in [5.41, 5.74) is 2.31. The third-order valence-corrected chi connectivity index (χ3v) is 5.09. The minimum atomic E-state index is -0.448. The SMILES string of the molecule is O=C(N[C@H]1CCN(Cc2ccccc2)C1)[C@H]1Cc2cc(Cl)ccc2O1. The average Bonchev–Trinajstić information content (AvgIpc) is 3.22. The zero-order valence-corrected chi connectivity index (χ0v) is 14.7. The Labute approximate surface area is 152 Å². The van der Waals surface area contributed by atoms with Gasteiger partial charge in [0.2, 0.25) is 0 Å². The number of fused-ring (bicyclic) bond motifs is 1. The van der Waals surface area contributed by atoms with Gasteiger partial charge in [-0.2, -0.15) is 0 Å². The number of hydrogen-bond donors (Lipinski definition) is 1. The van der Waals surface area contributed by atoms with Crippen LogP contribution in [0, 0.1) is 0 Å². The summed E-state index contributed by atoms with van der Waals surface area (Å²) < 4.78 is 5.77. The molecule has 0 aromatic heterocycles. The van der Waals surface area contributed by atoms with Crippen LogP contribution in [-0.4, -0.2) is 36.0 Å². The minimum Gasteiger partial charge on any atom is -0.480 e. The van der Waals surface area contributed by atoms with E-state index in [1.54, 1.807) is 6.07 Å². The van der Waals surface area contributed by atoms with E-state index in [9.17, 15) is 4.79 Å². The van der Waals surface area contributed by atoms with Crippen LogP contribution in [0.25, 0.3) is 0 Å². The summed E-state index contributed by atoms with van der Waals surface area (Å²) in [7, 11) is 0. The number of halogens is 1. The van der Waals surface area contributed by atoms with Gasteiger partial charge in [0.05, 0.1) is 0 Å². The van der Waals surface area contributed by atoms with Crippen LogP contribution in [0.15, 0.2) is 48.5 Å². The van der Waals surface area contributed by atoms with Gasteiger partial charge >= 0.3 is 0 Å². The highest BCUT2D eigenvalue weighted by molar-refractivity contribution is 6.30. The van der Waals surface area contributed by atoms with Crippen LogP contribution in [0.2, 0.25) is 5.02 Å². The van der Waals surface area contributed by atoms with Gasteiger partial charge in [0.1, 0.15) is 5.75 Å². The second kappa shape index (κ2) is 7.06. The van der Waals surface area contributed by atoms with Crippen LogP contribution in [-0.2, 0) is 17.8 Å². The molecule has 4 rings (SSSR count). The van der Waals surface area contributed by atoms with E-state index < -0.39 is 6.10 Å². The number of nitrogens with one attached hydrogen (secondary N) is 1. The van der Waals surface area contributed by atoms with Gasteiger partial charge < -0.3 is 10.1 Å². The van der Waals surface area contributed by atoms with Crippen LogP contribution in [0.5, 0.6) is 5.75 Å². The van der Waals surface area contributed by atoms with E-state index in [-0.39, 0.29) is 11.9 Å². The monoisotopic (exact) mass is 356 g/mol. The number of hydrogen-bond acceptors (Lipinski definition) is 3. The van der Waals surface area contributed by atoms with E-state index in [0.29, 0.717) is 11.4 Å². The molecule has 25 heavy (non-hydrogen) atoms. The van der Waals surface area contributed by atoms with E-state index in [1.807, 2.05) is 18.2 Å². The maximum absolute atomic E-state index is 12.5. The zero-order chi connectivity index (χ0) is 17.2. The summed E-state index contributed by atoms with van der Waals surface area (Å²) in [5, 5.41) is 3.82. The first-order valence-corrected chi connectivity index (χ1v) is 9.07. The highest BCUT2D eigenvalue weighted by Crippen LogP contribution is 2.31. The number of likely N-dealkylation sites (tertiary alicyclic amines) is 1. The predicted molar refractivity (Wildman–Crippen MR) is 97.8 cm³/mol. The molecule has 4 nitrogen and oxygen atoms in total. The first kappa shape index (κ1) is 16.4. The largest absolute Gasteiger partial charge is 0.480 e. The molecule has 2 atom stereocenters. The number of carbonyl (C=O) groups excluding carboxylic acids is 1. The van der Waals surface area contributed by atoms with Crippen molar-refractivity contribution in [2.45, 2.75) is 31.5 Å². The lowest BCUT2D eigenvalue weighted by Gasteiger charge is -2.18. The quantitative estimate of drug-likeness (QED) is 0.915. The second-order valence-electron chi connectivity index (χ2n) is 6.78. The Morgan fingerprint density at radius 2 is 2.08 bits per heavy atom. The lowest BCUT2D eigenvalue weighted by molar-refractivity contribution is -0.127. The van der Waals surface area contributed by atoms with Crippen molar-refractivity contribution in [3.63, 3.8) is 0 Å². The fraction of sp³-hybridized carbons (Fsp3) is 0.350. The summed E-state index contributed by atoms with van der Waals surface area (Å²) in [4.78, 5) is 14.9. The molecule has 1 N–H and O–H groups in total. The molecule has 2 aromatic rings. The van der Waals surface area contributed by atoms with Crippen LogP contribution in [0.4, 0.5) is 0 Å². The molecule has 0 aliphatic carbocycles. The highest BCUT2D eigenvalue weighted by atomic mass is 35.5. The topological polar surface area (TPSA) is 41.6 Å². The van der Waals surface area contributed by atoms with Crippen molar-refractivity contribution >= 4 is 17.5 Å². The number of rotatable bonds is 4. The van der Waals surface area contributed by atoms with Gasteiger partial charge in [-0.25, -0.2) is 0 Å². The van der Waals surface area contributed by atoms with Crippen LogP contribution >= 0.6 is 11.6 Å². The number of ether oxygens (including phenoxy) is 1. The Balaban J connectivity index is 1.29. The van der Waals surface area contributed by atoms with E-state index in [1.165, 1.54) is 5.56 Å². The van der Waals surface area contributed by atoms with Crippen molar-refractivity contribution in [2.24, 2.45) is 0 Å². The molecule has 1 amide bonds. The summed E-state index contributed by atoms with van der Waals surface area (Å²) in [6.45, 7) is 2.81. The van der Waals surface area contributed by atoms with Crippen molar-refractivity contribution < 1.29 is 9.53 Å². The van der Waals surface area contributed by atoms with Crippen LogP contribution in [0.3, 0.4) is 0 Å². The maximum atomic E-state index is 12.5. The summed E-state index contributed by atoms with van der Waals surface area (Å²) in [5.74, 6) is 0.737. The molecule has 2 aliphatic rings. The minimum absolute atomic E-state index is 0.0288.